The number of hydrogen-bond donors (Lipinski definition) is 1. The van der Waals surface area contributed by atoms with Crippen LogP contribution in [0.25, 0.3) is 0 Å². The van der Waals surface area contributed by atoms with Gasteiger partial charge in [-0.3, -0.25) is 4.79 Å². The van der Waals surface area contributed by atoms with Crippen molar-refractivity contribution in [2.24, 2.45) is 0 Å². The molecule has 108 valence electrons. The fraction of sp³-hybridized carbons (Fsp3) is 0.357. The number of aliphatic hydroxyl groups excluding tert-OH is 1. The molecule has 0 aliphatic heterocycles. The van der Waals surface area contributed by atoms with E-state index in [0.717, 1.165) is 11.0 Å². The SMILES string of the molecule is CN(CC(F)F)C(=O)c1cc(C#CCCO)ccc1F. The molecule has 1 aromatic rings. The van der Waals surface area contributed by atoms with Crippen LogP contribution in [0.1, 0.15) is 22.3 Å². The summed E-state index contributed by atoms with van der Waals surface area (Å²) in [5.74, 6) is 3.67. The van der Waals surface area contributed by atoms with Crippen molar-refractivity contribution in [1.82, 2.24) is 4.90 Å². The largest absolute Gasteiger partial charge is 0.395 e. The van der Waals surface area contributed by atoms with Gasteiger partial charge in [-0.25, -0.2) is 13.2 Å². The van der Waals surface area contributed by atoms with E-state index in [1.165, 1.54) is 19.2 Å². The van der Waals surface area contributed by atoms with E-state index in [1.54, 1.807) is 0 Å². The first kappa shape index (κ1) is 16.1. The predicted molar refractivity (Wildman–Crippen MR) is 67.9 cm³/mol. The van der Waals surface area contributed by atoms with Gasteiger partial charge in [0.05, 0.1) is 18.7 Å². The normalized spacial score (nSPS) is 10.1. The Balaban J connectivity index is 2.97. The first-order valence-electron chi connectivity index (χ1n) is 5.88. The fourth-order valence-electron chi connectivity index (χ4n) is 1.48. The summed E-state index contributed by atoms with van der Waals surface area (Å²) in [7, 11) is 1.18. The van der Waals surface area contributed by atoms with Gasteiger partial charge >= 0.3 is 0 Å². The summed E-state index contributed by atoms with van der Waals surface area (Å²) in [6.07, 6.45) is -2.43. The molecular formula is C14H14F3NO2. The molecule has 0 heterocycles. The van der Waals surface area contributed by atoms with Crippen LogP contribution >= 0.6 is 0 Å². The molecule has 0 atom stereocenters. The van der Waals surface area contributed by atoms with Crippen molar-refractivity contribution in [2.75, 3.05) is 20.2 Å². The first-order chi connectivity index (χ1) is 9.45. The molecule has 1 N–H and O–H groups in total. The number of alkyl halides is 2. The minimum atomic E-state index is -2.68. The lowest BCUT2D eigenvalue weighted by Gasteiger charge is -2.16. The molecule has 0 aliphatic rings. The van der Waals surface area contributed by atoms with E-state index in [2.05, 4.69) is 11.8 Å². The van der Waals surface area contributed by atoms with Crippen LogP contribution in [0.2, 0.25) is 0 Å². The predicted octanol–water partition coefficient (Wildman–Crippen LogP) is 1.90. The third-order valence-electron chi connectivity index (χ3n) is 2.42. The lowest BCUT2D eigenvalue weighted by atomic mass is 10.1. The quantitative estimate of drug-likeness (QED) is 0.858. The standard InChI is InChI=1S/C14H14F3NO2/c1-18(9-13(16)17)14(20)11-8-10(4-2-3-7-19)5-6-12(11)15/h5-6,8,13,19H,3,7,9H2,1H3. The maximum Gasteiger partial charge on any atom is 0.256 e. The summed E-state index contributed by atoms with van der Waals surface area (Å²) in [6.45, 7) is -0.865. The number of carbonyl (C=O) groups is 1. The van der Waals surface area contributed by atoms with Crippen molar-refractivity contribution in [1.29, 1.82) is 0 Å². The fourth-order valence-corrected chi connectivity index (χ4v) is 1.48. The summed E-state index contributed by atoms with van der Waals surface area (Å²) >= 11 is 0. The third-order valence-corrected chi connectivity index (χ3v) is 2.42. The number of halogens is 3. The average Bonchev–Trinajstić information content (AvgIpc) is 2.39. The summed E-state index contributed by atoms with van der Waals surface area (Å²) in [5, 5.41) is 8.59. The van der Waals surface area contributed by atoms with Crippen LogP contribution in [-0.4, -0.2) is 42.5 Å². The van der Waals surface area contributed by atoms with Gasteiger partial charge in [0.15, 0.2) is 0 Å². The van der Waals surface area contributed by atoms with Crippen LogP contribution < -0.4 is 0 Å². The second-order valence-corrected chi connectivity index (χ2v) is 4.05. The van der Waals surface area contributed by atoms with E-state index in [4.69, 9.17) is 5.11 Å². The number of benzene rings is 1. The highest BCUT2D eigenvalue weighted by Crippen LogP contribution is 2.13. The second-order valence-electron chi connectivity index (χ2n) is 4.05. The summed E-state index contributed by atoms with van der Waals surface area (Å²) in [5.41, 5.74) is 0.0811. The molecule has 0 saturated heterocycles. The molecule has 1 rings (SSSR count). The van der Waals surface area contributed by atoms with Crippen LogP contribution in [0.4, 0.5) is 13.2 Å². The third kappa shape index (κ3) is 4.59. The molecule has 0 aromatic heterocycles. The second kappa shape index (κ2) is 7.56. The molecule has 0 spiro atoms. The van der Waals surface area contributed by atoms with E-state index >= 15 is 0 Å². The minimum absolute atomic E-state index is 0.100. The Hall–Kier alpha value is -2.00. The Kier molecular flexibility index (Phi) is 6.07. The van der Waals surface area contributed by atoms with Crippen molar-refractivity contribution in [3.05, 3.63) is 35.1 Å². The zero-order valence-electron chi connectivity index (χ0n) is 10.9. The van der Waals surface area contributed by atoms with E-state index in [0.29, 0.717) is 5.56 Å². The smallest absolute Gasteiger partial charge is 0.256 e. The highest BCUT2D eigenvalue weighted by atomic mass is 19.3. The van der Waals surface area contributed by atoms with Gasteiger partial charge in [0, 0.05) is 19.0 Å². The Morgan fingerprint density at radius 3 is 2.75 bits per heavy atom. The van der Waals surface area contributed by atoms with E-state index in [1.807, 2.05) is 0 Å². The average molecular weight is 285 g/mol. The molecule has 0 fully saturated rings. The van der Waals surface area contributed by atoms with Gasteiger partial charge in [-0.1, -0.05) is 11.8 Å². The van der Waals surface area contributed by atoms with Crippen molar-refractivity contribution >= 4 is 5.91 Å². The van der Waals surface area contributed by atoms with Crippen molar-refractivity contribution in [3.8, 4) is 11.8 Å². The van der Waals surface area contributed by atoms with Gasteiger partial charge < -0.3 is 10.0 Å². The zero-order chi connectivity index (χ0) is 15.1. The maximum absolute atomic E-state index is 13.6. The van der Waals surface area contributed by atoms with E-state index in [-0.39, 0.29) is 18.6 Å². The topological polar surface area (TPSA) is 40.5 Å². The van der Waals surface area contributed by atoms with Crippen LogP contribution in [0.5, 0.6) is 0 Å². The Bertz CT molecular complexity index is 535. The Labute approximate surface area is 115 Å². The molecule has 20 heavy (non-hydrogen) atoms. The summed E-state index contributed by atoms with van der Waals surface area (Å²) in [4.78, 5) is 12.6. The Morgan fingerprint density at radius 2 is 2.15 bits per heavy atom. The highest BCUT2D eigenvalue weighted by Gasteiger charge is 2.19. The monoisotopic (exact) mass is 285 g/mol. The van der Waals surface area contributed by atoms with Crippen molar-refractivity contribution in [2.45, 2.75) is 12.8 Å². The van der Waals surface area contributed by atoms with Gasteiger partial charge in [-0.15, -0.1) is 0 Å². The molecule has 1 aromatic carbocycles. The molecule has 0 saturated carbocycles. The van der Waals surface area contributed by atoms with Crippen LogP contribution in [0.3, 0.4) is 0 Å². The number of hydrogen-bond acceptors (Lipinski definition) is 2. The minimum Gasteiger partial charge on any atom is -0.395 e. The molecule has 0 radical (unpaired) electrons. The van der Waals surface area contributed by atoms with E-state index < -0.39 is 24.7 Å². The van der Waals surface area contributed by atoms with Crippen molar-refractivity contribution < 1.29 is 23.1 Å². The maximum atomic E-state index is 13.6. The summed E-state index contributed by atoms with van der Waals surface area (Å²) < 4.78 is 38.0. The summed E-state index contributed by atoms with van der Waals surface area (Å²) in [6, 6.07) is 3.65. The molecule has 0 unspecified atom stereocenters. The molecule has 0 aliphatic carbocycles. The molecule has 0 bridgehead atoms. The van der Waals surface area contributed by atoms with Crippen molar-refractivity contribution in [3.63, 3.8) is 0 Å². The lowest BCUT2D eigenvalue weighted by molar-refractivity contribution is 0.0616. The van der Waals surface area contributed by atoms with Gasteiger partial charge in [0.2, 0.25) is 0 Å². The first-order valence-corrected chi connectivity index (χ1v) is 5.88. The number of aliphatic hydroxyl groups is 1. The number of carbonyl (C=O) groups excluding carboxylic acids is 1. The van der Waals surface area contributed by atoms with Crippen LogP contribution in [-0.2, 0) is 0 Å². The Morgan fingerprint density at radius 1 is 1.45 bits per heavy atom. The van der Waals surface area contributed by atoms with Gasteiger partial charge in [0.25, 0.3) is 12.3 Å². The molecular weight excluding hydrogens is 271 g/mol. The number of amides is 1. The van der Waals surface area contributed by atoms with Gasteiger partial charge in [-0.05, 0) is 18.2 Å². The molecule has 6 heteroatoms. The highest BCUT2D eigenvalue weighted by molar-refractivity contribution is 5.94. The number of nitrogens with zero attached hydrogens (tertiary/aromatic N) is 1. The molecule has 1 amide bonds. The lowest BCUT2D eigenvalue weighted by Crippen LogP contribution is -2.31. The number of rotatable bonds is 4. The van der Waals surface area contributed by atoms with E-state index in [9.17, 15) is 18.0 Å². The van der Waals surface area contributed by atoms with Crippen LogP contribution in [0, 0.1) is 17.7 Å². The van der Waals surface area contributed by atoms with Gasteiger partial charge in [-0.2, -0.15) is 0 Å². The zero-order valence-corrected chi connectivity index (χ0v) is 10.9. The van der Waals surface area contributed by atoms with Gasteiger partial charge in [0.1, 0.15) is 5.82 Å². The van der Waals surface area contributed by atoms with Crippen LogP contribution in [0.15, 0.2) is 18.2 Å². The molecule has 3 nitrogen and oxygen atoms in total.